The van der Waals surface area contributed by atoms with Gasteiger partial charge in [-0.25, -0.2) is 0 Å². The lowest BCUT2D eigenvalue weighted by Crippen LogP contribution is -2.25. The highest BCUT2D eigenvalue weighted by molar-refractivity contribution is 5.16. The van der Waals surface area contributed by atoms with Crippen molar-refractivity contribution < 1.29 is 10.2 Å². The normalized spacial score (nSPS) is 25.1. The minimum Gasteiger partial charge on any atom is -0.386 e. The highest BCUT2D eigenvalue weighted by Gasteiger charge is 2.18. The van der Waals surface area contributed by atoms with Crippen LogP contribution in [0.3, 0.4) is 0 Å². The molecule has 0 radical (unpaired) electrons. The molecule has 2 nitrogen and oxygen atoms in total. The zero-order chi connectivity index (χ0) is 13.0. The van der Waals surface area contributed by atoms with Gasteiger partial charge in [-0.1, -0.05) is 29.9 Å². The standard InChI is InChI=1S/C15H24O2/c1-10(2)15(17)14(16)9-12(4)13-7-5-11(3)6-8-13/h5,9,13-17H,1,6-8H2,2-4H3/b12-9+/t13-,14+,15+/m0/s1. The molecule has 1 aliphatic carbocycles. The van der Waals surface area contributed by atoms with E-state index >= 15 is 0 Å². The van der Waals surface area contributed by atoms with Gasteiger partial charge in [-0.3, -0.25) is 0 Å². The van der Waals surface area contributed by atoms with Gasteiger partial charge in [0.15, 0.2) is 0 Å². The van der Waals surface area contributed by atoms with Gasteiger partial charge in [0, 0.05) is 0 Å². The van der Waals surface area contributed by atoms with E-state index in [9.17, 15) is 10.2 Å². The Kier molecular flexibility index (Phi) is 5.16. The summed E-state index contributed by atoms with van der Waals surface area (Å²) in [6.45, 7) is 9.58. The third-order valence-electron chi connectivity index (χ3n) is 3.54. The van der Waals surface area contributed by atoms with Crippen LogP contribution in [-0.4, -0.2) is 22.4 Å². The van der Waals surface area contributed by atoms with E-state index in [4.69, 9.17) is 0 Å². The molecule has 0 bridgehead atoms. The minimum atomic E-state index is -0.856. The van der Waals surface area contributed by atoms with Crippen LogP contribution in [0, 0.1) is 5.92 Å². The lowest BCUT2D eigenvalue weighted by Gasteiger charge is -2.23. The molecule has 0 saturated heterocycles. The van der Waals surface area contributed by atoms with Gasteiger partial charge in [-0.05, 0) is 51.5 Å². The van der Waals surface area contributed by atoms with Crippen molar-refractivity contribution in [3.8, 4) is 0 Å². The summed E-state index contributed by atoms with van der Waals surface area (Å²) in [5.74, 6) is 0.505. The highest BCUT2D eigenvalue weighted by atomic mass is 16.3. The van der Waals surface area contributed by atoms with Crippen molar-refractivity contribution in [1.29, 1.82) is 0 Å². The largest absolute Gasteiger partial charge is 0.386 e. The fraction of sp³-hybridized carbons (Fsp3) is 0.600. The summed E-state index contributed by atoms with van der Waals surface area (Å²) in [4.78, 5) is 0. The zero-order valence-electron chi connectivity index (χ0n) is 11.1. The first-order chi connectivity index (χ1) is 7.91. The van der Waals surface area contributed by atoms with E-state index in [-0.39, 0.29) is 0 Å². The predicted molar refractivity (Wildman–Crippen MR) is 71.7 cm³/mol. The van der Waals surface area contributed by atoms with Crippen molar-refractivity contribution in [2.45, 2.75) is 52.2 Å². The maximum atomic E-state index is 9.84. The van der Waals surface area contributed by atoms with Crippen molar-refractivity contribution in [3.63, 3.8) is 0 Å². The maximum Gasteiger partial charge on any atom is 0.104 e. The van der Waals surface area contributed by atoms with E-state index in [0.717, 1.165) is 19.3 Å². The zero-order valence-corrected chi connectivity index (χ0v) is 11.1. The fourth-order valence-electron chi connectivity index (χ4n) is 2.17. The number of allylic oxidation sites excluding steroid dienone is 3. The smallest absolute Gasteiger partial charge is 0.104 e. The quantitative estimate of drug-likeness (QED) is 0.737. The molecule has 0 fully saturated rings. The molecule has 0 saturated carbocycles. The van der Waals surface area contributed by atoms with Gasteiger partial charge in [0.25, 0.3) is 0 Å². The van der Waals surface area contributed by atoms with Gasteiger partial charge in [-0.15, -0.1) is 0 Å². The summed E-state index contributed by atoms with van der Waals surface area (Å²) >= 11 is 0. The average Bonchev–Trinajstić information content (AvgIpc) is 2.28. The Balaban J connectivity index is 2.63. The Morgan fingerprint density at radius 3 is 2.59 bits per heavy atom. The molecule has 0 aromatic carbocycles. The first-order valence-electron chi connectivity index (χ1n) is 6.27. The topological polar surface area (TPSA) is 40.5 Å². The third kappa shape index (κ3) is 4.14. The van der Waals surface area contributed by atoms with Crippen molar-refractivity contribution in [1.82, 2.24) is 0 Å². The van der Waals surface area contributed by atoms with Gasteiger partial charge >= 0.3 is 0 Å². The van der Waals surface area contributed by atoms with Gasteiger partial charge in [0.1, 0.15) is 12.2 Å². The van der Waals surface area contributed by atoms with Crippen molar-refractivity contribution >= 4 is 0 Å². The van der Waals surface area contributed by atoms with Crippen LogP contribution in [0.2, 0.25) is 0 Å². The van der Waals surface area contributed by atoms with Crippen LogP contribution in [-0.2, 0) is 0 Å². The first-order valence-corrected chi connectivity index (χ1v) is 6.27. The molecule has 17 heavy (non-hydrogen) atoms. The van der Waals surface area contributed by atoms with Crippen LogP contribution in [0.1, 0.15) is 40.0 Å². The van der Waals surface area contributed by atoms with E-state index in [1.165, 1.54) is 11.1 Å². The van der Waals surface area contributed by atoms with Crippen molar-refractivity contribution in [2.75, 3.05) is 0 Å². The molecule has 0 heterocycles. The van der Waals surface area contributed by atoms with Gasteiger partial charge < -0.3 is 10.2 Å². The second kappa shape index (κ2) is 6.18. The first kappa shape index (κ1) is 14.2. The molecular weight excluding hydrogens is 212 g/mol. The van der Waals surface area contributed by atoms with Crippen LogP contribution < -0.4 is 0 Å². The predicted octanol–water partition coefficient (Wildman–Crippen LogP) is 2.98. The number of rotatable bonds is 4. The van der Waals surface area contributed by atoms with E-state index in [1.54, 1.807) is 13.0 Å². The summed E-state index contributed by atoms with van der Waals surface area (Å²) in [7, 11) is 0. The molecule has 1 aliphatic rings. The fourth-order valence-corrected chi connectivity index (χ4v) is 2.17. The Labute approximate surface area is 104 Å². The molecule has 2 N–H and O–H groups in total. The Bertz CT molecular complexity index is 339. The van der Waals surface area contributed by atoms with Gasteiger partial charge in [-0.2, -0.15) is 0 Å². The molecular formula is C15H24O2. The van der Waals surface area contributed by atoms with Crippen LogP contribution in [0.5, 0.6) is 0 Å². The SMILES string of the molecule is C=C(C)[C@@H](O)[C@H](O)/C=C(\C)[C@H]1CC=C(C)CC1. The van der Waals surface area contributed by atoms with Crippen LogP contribution in [0.15, 0.2) is 35.5 Å². The maximum absolute atomic E-state index is 9.84. The summed E-state index contributed by atoms with van der Waals surface area (Å²) in [5.41, 5.74) is 3.22. The van der Waals surface area contributed by atoms with Gasteiger partial charge in [0.2, 0.25) is 0 Å². The number of hydrogen-bond donors (Lipinski definition) is 2. The molecule has 0 amide bonds. The Morgan fingerprint density at radius 2 is 2.12 bits per heavy atom. The van der Waals surface area contributed by atoms with E-state index in [1.807, 2.05) is 6.92 Å². The van der Waals surface area contributed by atoms with E-state index < -0.39 is 12.2 Å². The van der Waals surface area contributed by atoms with Crippen molar-refractivity contribution in [2.24, 2.45) is 5.92 Å². The molecule has 0 spiro atoms. The summed E-state index contributed by atoms with van der Waals surface area (Å²) in [6, 6.07) is 0. The van der Waals surface area contributed by atoms with Crippen LogP contribution in [0.4, 0.5) is 0 Å². The van der Waals surface area contributed by atoms with E-state index in [0.29, 0.717) is 11.5 Å². The van der Waals surface area contributed by atoms with Gasteiger partial charge in [0.05, 0.1) is 0 Å². The lowest BCUT2D eigenvalue weighted by atomic mass is 9.84. The lowest BCUT2D eigenvalue weighted by molar-refractivity contribution is 0.0726. The van der Waals surface area contributed by atoms with Crippen LogP contribution >= 0.6 is 0 Å². The summed E-state index contributed by atoms with van der Waals surface area (Å²) in [6.07, 6.45) is 5.68. The number of hydrogen-bond acceptors (Lipinski definition) is 2. The molecule has 0 aromatic rings. The van der Waals surface area contributed by atoms with Crippen LogP contribution in [0.25, 0.3) is 0 Å². The molecule has 0 aromatic heterocycles. The molecule has 0 unspecified atom stereocenters. The molecule has 0 aliphatic heterocycles. The number of aliphatic hydroxyl groups excluding tert-OH is 2. The molecule has 1 rings (SSSR count). The average molecular weight is 236 g/mol. The molecule has 2 heteroatoms. The monoisotopic (exact) mass is 236 g/mol. The summed E-state index contributed by atoms with van der Waals surface area (Å²) < 4.78 is 0. The Morgan fingerprint density at radius 1 is 1.47 bits per heavy atom. The highest BCUT2D eigenvalue weighted by Crippen LogP contribution is 2.29. The number of aliphatic hydroxyl groups is 2. The second-order valence-electron chi connectivity index (χ2n) is 5.21. The molecule has 96 valence electrons. The second-order valence-corrected chi connectivity index (χ2v) is 5.21. The Hall–Kier alpha value is -0.860. The third-order valence-corrected chi connectivity index (χ3v) is 3.54. The minimum absolute atomic E-state index is 0.505. The van der Waals surface area contributed by atoms with E-state index in [2.05, 4.69) is 19.6 Å². The molecule has 3 atom stereocenters. The van der Waals surface area contributed by atoms with Crippen molar-refractivity contribution in [3.05, 3.63) is 35.5 Å². The summed E-state index contributed by atoms with van der Waals surface area (Å²) in [5, 5.41) is 19.5.